The lowest BCUT2D eigenvalue weighted by Gasteiger charge is -2.26. The van der Waals surface area contributed by atoms with Crippen LogP contribution in [0.4, 0.5) is 5.69 Å². The van der Waals surface area contributed by atoms with Crippen molar-refractivity contribution in [1.82, 2.24) is 0 Å². The molecule has 1 fully saturated rings. The largest absolute Gasteiger partial charge is 0.507 e. The smallest absolute Gasteiger partial charge is 0.300 e. The Balaban J connectivity index is 1.94. The highest BCUT2D eigenvalue weighted by molar-refractivity contribution is 7.10. The Morgan fingerprint density at radius 2 is 1.79 bits per heavy atom. The first kappa shape index (κ1) is 23.6. The van der Waals surface area contributed by atoms with E-state index in [4.69, 9.17) is 9.47 Å². The molecule has 0 spiro atoms. The van der Waals surface area contributed by atoms with E-state index in [1.54, 1.807) is 18.2 Å². The zero-order valence-electron chi connectivity index (χ0n) is 19.6. The van der Waals surface area contributed by atoms with Crippen molar-refractivity contribution in [2.75, 3.05) is 18.1 Å². The van der Waals surface area contributed by atoms with Crippen LogP contribution in [0.5, 0.6) is 11.5 Å². The van der Waals surface area contributed by atoms with Gasteiger partial charge in [0.05, 0.1) is 24.4 Å². The van der Waals surface area contributed by atoms with Crippen molar-refractivity contribution in [3.63, 3.8) is 0 Å². The molecule has 1 saturated heterocycles. The number of hydrogen-bond donors (Lipinski definition) is 1. The number of Topliss-reactive ketones (excluding diaryl/α,β-unsaturated/α-hetero) is 1. The average Bonchev–Trinajstić information content (AvgIpc) is 3.43. The number of nitrogens with zero attached hydrogens (tertiary/aromatic N) is 1. The van der Waals surface area contributed by atoms with E-state index in [-0.39, 0.29) is 11.3 Å². The summed E-state index contributed by atoms with van der Waals surface area (Å²) in [6, 6.07) is 13.8. The van der Waals surface area contributed by atoms with E-state index in [2.05, 4.69) is 0 Å². The number of amides is 1. The van der Waals surface area contributed by atoms with Crippen LogP contribution in [0.1, 0.15) is 41.5 Å². The van der Waals surface area contributed by atoms with Crippen molar-refractivity contribution in [2.45, 2.75) is 33.7 Å². The van der Waals surface area contributed by atoms with Crippen molar-refractivity contribution in [3.8, 4) is 11.5 Å². The summed E-state index contributed by atoms with van der Waals surface area (Å²) in [5, 5.41) is 13.3. The highest BCUT2D eigenvalue weighted by Gasteiger charge is 2.48. The number of anilines is 1. The van der Waals surface area contributed by atoms with E-state index in [1.807, 2.05) is 63.4 Å². The van der Waals surface area contributed by atoms with Crippen LogP contribution in [0.15, 0.2) is 59.5 Å². The van der Waals surface area contributed by atoms with E-state index >= 15 is 0 Å². The fourth-order valence-electron chi connectivity index (χ4n) is 4.15. The number of ether oxygens (including phenoxy) is 2. The lowest BCUT2D eigenvalue weighted by atomic mass is 9.98. The van der Waals surface area contributed by atoms with Crippen LogP contribution >= 0.6 is 11.3 Å². The summed E-state index contributed by atoms with van der Waals surface area (Å²) in [6.07, 6.45) is 0. The highest BCUT2D eigenvalue weighted by Crippen LogP contribution is 2.45. The van der Waals surface area contributed by atoms with E-state index < -0.39 is 17.7 Å². The summed E-state index contributed by atoms with van der Waals surface area (Å²) in [6.45, 7) is 8.40. The molecule has 1 atom stereocenters. The monoisotopic (exact) mass is 477 g/mol. The molecule has 0 saturated carbocycles. The van der Waals surface area contributed by atoms with Crippen molar-refractivity contribution in [2.24, 2.45) is 0 Å². The molecule has 2 aromatic carbocycles. The number of benzene rings is 2. The molecule has 6 nitrogen and oxygen atoms in total. The molecule has 0 bridgehead atoms. The maximum Gasteiger partial charge on any atom is 0.300 e. The van der Waals surface area contributed by atoms with Gasteiger partial charge in [-0.3, -0.25) is 14.5 Å². The van der Waals surface area contributed by atoms with Gasteiger partial charge in [-0.25, -0.2) is 0 Å². The standard InChI is InChI=1S/C27H27NO5S/c1-5-32-18-11-12-19(21(15-18)33-6-2)25(29)23-24(22-8-7-13-34-22)28(27(31)26(23)30)20-14-16(3)9-10-17(20)4/h7-15,24,29H,5-6H2,1-4H3/b25-23-. The normalized spacial score (nSPS) is 17.3. The van der Waals surface area contributed by atoms with Crippen LogP contribution in [0.25, 0.3) is 5.76 Å². The number of carbonyl (C=O) groups is 2. The molecule has 7 heteroatoms. The molecule has 1 amide bonds. The minimum atomic E-state index is -0.749. The van der Waals surface area contributed by atoms with Crippen LogP contribution in [0.3, 0.4) is 0 Å². The second-order valence-electron chi connectivity index (χ2n) is 8.00. The van der Waals surface area contributed by atoms with Crippen molar-refractivity contribution < 1.29 is 24.2 Å². The molecule has 1 aliphatic heterocycles. The third-order valence-corrected chi connectivity index (χ3v) is 6.63. The van der Waals surface area contributed by atoms with Gasteiger partial charge in [0.15, 0.2) is 0 Å². The van der Waals surface area contributed by atoms with Gasteiger partial charge in [0, 0.05) is 16.6 Å². The van der Waals surface area contributed by atoms with E-state index in [1.165, 1.54) is 16.2 Å². The Labute approximate surface area is 203 Å². The minimum Gasteiger partial charge on any atom is -0.507 e. The first-order valence-corrected chi connectivity index (χ1v) is 12.1. The third kappa shape index (κ3) is 4.19. The van der Waals surface area contributed by atoms with Gasteiger partial charge < -0.3 is 14.6 Å². The number of rotatable bonds is 7. The molecule has 3 aromatic rings. The Bertz CT molecular complexity index is 1260. The first-order valence-electron chi connectivity index (χ1n) is 11.2. The summed E-state index contributed by atoms with van der Waals surface area (Å²) in [4.78, 5) is 29.0. The van der Waals surface area contributed by atoms with Crippen LogP contribution in [0.2, 0.25) is 0 Å². The number of hydrogen-bond acceptors (Lipinski definition) is 6. The molecule has 4 rings (SSSR count). The van der Waals surface area contributed by atoms with Crippen LogP contribution in [0, 0.1) is 13.8 Å². The Morgan fingerprint density at radius 3 is 2.47 bits per heavy atom. The summed E-state index contributed by atoms with van der Waals surface area (Å²) in [5.41, 5.74) is 2.86. The number of aliphatic hydroxyl groups is 1. The Kier molecular flexibility index (Phi) is 6.75. The zero-order chi connectivity index (χ0) is 24.4. The number of aryl methyl sites for hydroxylation is 2. The van der Waals surface area contributed by atoms with E-state index in [0.717, 1.165) is 16.0 Å². The molecule has 0 aliphatic carbocycles. The summed E-state index contributed by atoms with van der Waals surface area (Å²) in [5.74, 6) is -0.691. The van der Waals surface area contributed by atoms with Gasteiger partial charge in [0.2, 0.25) is 0 Å². The molecule has 1 aliphatic rings. The quantitative estimate of drug-likeness (QED) is 0.265. The predicted octanol–water partition coefficient (Wildman–Crippen LogP) is 5.79. The fraction of sp³-hybridized carbons (Fsp3) is 0.259. The Morgan fingerprint density at radius 1 is 1.03 bits per heavy atom. The van der Waals surface area contributed by atoms with Gasteiger partial charge in [-0.2, -0.15) is 0 Å². The third-order valence-electron chi connectivity index (χ3n) is 5.70. The molecule has 0 radical (unpaired) electrons. The van der Waals surface area contributed by atoms with Crippen LogP contribution in [-0.4, -0.2) is 30.0 Å². The molecule has 176 valence electrons. The van der Waals surface area contributed by atoms with Gasteiger partial charge in [-0.1, -0.05) is 18.2 Å². The Hall–Kier alpha value is -3.58. The lowest BCUT2D eigenvalue weighted by Crippen LogP contribution is -2.29. The SMILES string of the molecule is CCOc1ccc(/C(O)=C2/C(=O)C(=O)N(c3cc(C)ccc3C)C2c2cccs2)c(OCC)c1. The summed E-state index contributed by atoms with van der Waals surface area (Å²) < 4.78 is 11.3. The molecule has 1 unspecified atom stereocenters. The van der Waals surface area contributed by atoms with E-state index in [9.17, 15) is 14.7 Å². The van der Waals surface area contributed by atoms with Crippen molar-refractivity contribution >= 4 is 34.5 Å². The number of carbonyl (C=O) groups excluding carboxylic acids is 2. The lowest BCUT2D eigenvalue weighted by molar-refractivity contribution is -0.132. The molecule has 1 aromatic heterocycles. The van der Waals surface area contributed by atoms with Crippen LogP contribution < -0.4 is 14.4 Å². The molecular weight excluding hydrogens is 450 g/mol. The minimum absolute atomic E-state index is 0.0402. The van der Waals surface area contributed by atoms with Gasteiger partial charge in [0.1, 0.15) is 23.3 Å². The number of aliphatic hydroxyl groups excluding tert-OH is 1. The topological polar surface area (TPSA) is 76.1 Å². The maximum absolute atomic E-state index is 13.4. The summed E-state index contributed by atoms with van der Waals surface area (Å²) in [7, 11) is 0. The number of ketones is 1. The zero-order valence-corrected chi connectivity index (χ0v) is 20.4. The molecule has 2 heterocycles. The van der Waals surface area contributed by atoms with Gasteiger partial charge in [-0.05, 0) is 68.5 Å². The second kappa shape index (κ2) is 9.73. The fourth-order valence-corrected chi connectivity index (χ4v) is 4.97. The maximum atomic E-state index is 13.4. The van der Waals surface area contributed by atoms with Gasteiger partial charge in [0.25, 0.3) is 11.7 Å². The molecule has 1 N–H and O–H groups in total. The number of thiophene rings is 1. The summed E-state index contributed by atoms with van der Waals surface area (Å²) >= 11 is 1.43. The first-order chi connectivity index (χ1) is 16.4. The highest BCUT2D eigenvalue weighted by atomic mass is 32.1. The van der Waals surface area contributed by atoms with Crippen molar-refractivity contribution in [3.05, 3.63) is 81.1 Å². The van der Waals surface area contributed by atoms with Crippen LogP contribution in [-0.2, 0) is 9.59 Å². The molecular formula is C27H27NO5S. The van der Waals surface area contributed by atoms with Gasteiger partial charge in [-0.15, -0.1) is 11.3 Å². The average molecular weight is 478 g/mol. The second-order valence-corrected chi connectivity index (χ2v) is 8.98. The predicted molar refractivity (Wildman–Crippen MR) is 134 cm³/mol. The molecule has 34 heavy (non-hydrogen) atoms. The van der Waals surface area contributed by atoms with E-state index in [0.29, 0.717) is 36.0 Å². The van der Waals surface area contributed by atoms with Crippen molar-refractivity contribution in [1.29, 1.82) is 0 Å². The van der Waals surface area contributed by atoms with Gasteiger partial charge >= 0.3 is 0 Å².